The molecule has 94 valence electrons. The van der Waals surface area contributed by atoms with E-state index in [0.29, 0.717) is 19.4 Å². The summed E-state index contributed by atoms with van der Waals surface area (Å²) in [5, 5.41) is 0. The van der Waals surface area contributed by atoms with E-state index in [0.717, 1.165) is 0 Å². The third-order valence-electron chi connectivity index (χ3n) is 3.07. The summed E-state index contributed by atoms with van der Waals surface area (Å²) in [5.74, 6) is -1.86. The molecule has 0 radical (unpaired) electrons. The average molecular weight is 238 g/mol. The maximum atomic E-state index is 12.5. The Hall–Kier alpha value is -0.780. The van der Waals surface area contributed by atoms with Gasteiger partial charge in [0.1, 0.15) is 0 Å². The first-order valence-corrected chi connectivity index (χ1v) is 5.46. The van der Waals surface area contributed by atoms with Crippen molar-refractivity contribution in [3.63, 3.8) is 0 Å². The van der Waals surface area contributed by atoms with E-state index in [1.165, 1.54) is 0 Å². The first kappa shape index (κ1) is 13.3. The van der Waals surface area contributed by atoms with Crippen molar-refractivity contribution in [3.05, 3.63) is 0 Å². The minimum Gasteiger partial charge on any atom is -0.368 e. The summed E-state index contributed by atoms with van der Waals surface area (Å²) in [5.41, 5.74) is 5.17. The Morgan fingerprint density at radius 3 is 2.62 bits per heavy atom. The Labute approximate surface area is 92.8 Å². The highest BCUT2D eigenvalue weighted by Gasteiger charge is 2.43. The van der Waals surface area contributed by atoms with E-state index in [1.807, 2.05) is 0 Å². The van der Waals surface area contributed by atoms with E-state index in [1.54, 1.807) is 11.8 Å². The minimum absolute atomic E-state index is 0.106. The van der Waals surface area contributed by atoms with Gasteiger partial charge in [0, 0.05) is 6.54 Å². The number of piperidine rings is 1. The van der Waals surface area contributed by atoms with Gasteiger partial charge in [-0.05, 0) is 25.8 Å². The zero-order valence-electron chi connectivity index (χ0n) is 9.26. The molecule has 0 aromatic heterocycles. The molecular weight excluding hydrogens is 221 g/mol. The second kappa shape index (κ2) is 5.03. The van der Waals surface area contributed by atoms with Crippen LogP contribution in [0.25, 0.3) is 0 Å². The molecule has 2 unspecified atom stereocenters. The first-order valence-electron chi connectivity index (χ1n) is 5.46. The summed E-state index contributed by atoms with van der Waals surface area (Å²) in [6, 6.07) is -0.565. The lowest BCUT2D eigenvalue weighted by Crippen LogP contribution is -2.51. The van der Waals surface area contributed by atoms with Gasteiger partial charge in [-0.15, -0.1) is 0 Å². The van der Waals surface area contributed by atoms with E-state index < -0.39 is 24.0 Å². The van der Waals surface area contributed by atoms with Crippen molar-refractivity contribution < 1.29 is 18.0 Å². The second-order valence-electron chi connectivity index (χ2n) is 4.20. The number of likely N-dealkylation sites (tertiary alicyclic amines) is 1. The Balaban J connectivity index is 2.66. The average Bonchev–Trinajstić information content (AvgIpc) is 2.17. The monoisotopic (exact) mass is 238 g/mol. The molecule has 0 aromatic carbocycles. The van der Waals surface area contributed by atoms with Crippen molar-refractivity contribution in [1.29, 1.82) is 0 Å². The predicted octanol–water partition coefficient (Wildman–Crippen LogP) is 1.52. The summed E-state index contributed by atoms with van der Waals surface area (Å²) < 4.78 is 37.6. The van der Waals surface area contributed by atoms with Gasteiger partial charge in [0.2, 0.25) is 5.91 Å². The Kier molecular flexibility index (Phi) is 4.18. The highest BCUT2D eigenvalue weighted by Crippen LogP contribution is 2.33. The fourth-order valence-electron chi connectivity index (χ4n) is 2.20. The van der Waals surface area contributed by atoms with Crippen molar-refractivity contribution in [1.82, 2.24) is 4.90 Å². The largest absolute Gasteiger partial charge is 0.393 e. The third kappa shape index (κ3) is 3.10. The highest BCUT2D eigenvalue weighted by molar-refractivity contribution is 5.79. The number of hydrogen-bond donors (Lipinski definition) is 1. The number of nitrogens with two attached hydrogens (primary N) is 1. The molecule has 0 bridgehead atoms. The maximum absolute atomic E-state index is 12.5. The Morgan fingerprint density at radius 1 is 1.56 bits per heavy atom. The minimum atomic E-state index is -4.17. The predicted molar refractivity (Wildman–Crippen MR) is 53.6 cm³/mol. The standard InChI is InChI=1S/C10H17F3N2O/c1-2-8(9(14)16)15-5-3-4-7(6-15)10(11,12)13/h7-8H,2-6H2,1H3,(H2,14,16). The van der Waals surface area contributed by atoms with Crippen LogP contribution in [0.15, 0.2) is 0 Å². The van der Waals surface area contributed by atoms with Gasteiger partial charge in [0.15, 0.2) is 0 Å². The number of carbonyl (C=O) groups excluding carboxylic acids is 1. The molecule has 0 saturated carbocycles. The van der Waals surface area contributed by atoms with Crippen LogP contribution >= 0.6 is 0 Å². The van der Waals surface area contributed by atoms with Crippen LogP contribution in [0, 0.1) is 5.92 Å². The number of amides is 1. The van der Waals surface area contributed by atoms with Gasteiger partial charge in [-0.1, -0.05) is 6.92 Å². The first-order chi connectivity index (χ1) is 7.36. The molecule has 6 heteroatoms. The topological polar surface area (TPSA) is 46.3 Å². The van der Waals surface area contributed by atoms with Gasteiger partial charge < -0.3 is 5.73 Å². The molecule has 2 N–H and O–H groups in total. The zero-order valence-corrected chi connectivity index (χ0v) is 9.26. The molecule has 0 aromatic rings. The van der Waals surface area contributed by atoms with Crippen LogP contribution in [-0.4, -0.2) is 36.1 Å². The summed E-state index contributed by atoms with van der Waals surface area (Å²) in [7, 11) is 0. The fraction of sp³-hybridized carbons (Fsp3) is 0.900. The second-order valence-corrected chi connectivity index (χ2v) is 4.20. The molecular formula is C10H17F3N2O. The number of nitrogens with zero attached hydrogens (tertiary/aromatic N) is 1. The quantitative estimate of drug-likeness (QED) is 0.810. The van der Waals surface area contributed by atoms with Crippen LogP contribution < -0.4 is 5.73 Å². The fourth-order valence-corrected chi connectivity index (χ4v) is 2.20. The van der Waals surface area contributed by atoms with Crippen LogP contribution in [0.5, 0.6) is 0 Å². The zero-order chi connectivity index (χ0) is 12.3. The molecule has 0 aliphatic carbocycles. The molecule has 1 saturated heterocycles. The molecule has 1 heterocycles. The molecule has 16 heavy (non-hydrogen) atoms. The molecule has 2 atom stereocenters. The van der Waals surface area contributed by atoms with Crippen LogP contribution in [0.2, 0.25) is 0 Å². The maximum Gasteiger partial charge on any atom is 0.393 e. The van der Waals surface area contributed by atoms with Gasteiger partial charge >= 0.3 is 6.18 Å². The molecule has 0 spiro atoms. The van der Waals surface area contributed by atoms with Crippen LogP contribution in [-0.2, 0) is 4.79 Å². The van der Waals surface area contributed by atoms with Crippen molar-refractivity contribution >= 4 is 5.91 Å². The molecule has 1 aliphatic heterocycles. The van der Waals surface area contributed by atoms with E-state index >= 15 is 0 Å². The Morgan fingerprint density at radius 2 is 2.19 bits per heavy atom. The molecule has 1 rings (SSSR count). The molecule has 3 nitrogen and oxygen atoms in total. The van der Waals surface area contributed by atoms with Crippen molar-refractivity contribution in [2.24, 2.45) is 11.7 Å². The SMILES string of the molecule is CCC(C(N)=O)N1CCCC(C(F)(F)F)C1. The van der Waals surface area contributed by atoms with Gasteiger partial charge in [-0.25, -0.2) is 0 Å². The van der Waals surface area contributed by atoms with Crippen LogP contribution in [0.3, 0.4) is 0 Å². The van der Waals surface area contributed by atoms with E-state index in [2.05, 4.69) is 0 Å². The number of hydrogen-bond acceptors (Lipinski definition) is 2. The number of alkyl halides is 3. The van der Waals surface area contributed by atoms with E-state index in [-0.39, 0.29) is 13.0 Å². The number of rotatable bonds is 3. The normalized spacial score (nSPS) is 25.4. The molecule has 1 aliphatic rings. The number of carbonyl (C=O) groups is 1. The van der Waals surface area contributed by atoms with Gasteiger partial charge in [-0.2, -0.15) is 13.2 Å². The van der Waals surface area contributed by atoms with Gasteiger partial charge in [0.25, 0.3) is 0 Å². The summed E-state index contributed by atoms with van der Waals surface area (Å²) >= 11 is 0. The lowest BCUT2D eigenvalue weighted by molar-refractivity contribution is -0.189. The summed E-state index contributed by atoms with van der Waals surface area (Å²) in [6.07, 6.45) is -3.10. The lowest BCUT2D eigenvalue weighted by Gasteiger charge is -2.37. The van der Waals surface area contributed by atoms with Gasteiger partial charge in [0.05, 0.1) is 12.0 Å². The number of halogens is 3. The van der Waals surface area contributed by atoms with Crippen molar-refractivity contribution in [3.8, 4) is 0 Å². The molecule has 1 amide bonds. The number of primary amides is 1. The molecule has 1 fully saturated rings. The van der Waals surface area contributed by atoms with Crippen molar-refractivity contribution in [2.75, 3.05) is 13.1 Å². The smallest absolute Gasteiger partial charge is 0.368 e. The van der Waals surface area contributed by atoms with Crippen LogP contribution in [0.1, 0.15) is 26.2 Å². The van der Waals surface area contributed by atoms with E-state index in [9.17, 15) is 18.0 Å². The van der Waals surface area contributed by atoms with Crippen LogP contribution in [0.4, 0.5) is 13.2 Å². The highest BCUT2D eigenvalue weighted by atomic mass is 19.4. The Bertz CT molecular complexity index is 255. The summed E-state index contributed by atoms with van der Waals surface area (Å²) in [6.45, 7) is 2.17. The summed E-state index contributed by atoms with van der Waals surface area (Å²) in [4.78, 5) is 12.6. The van der Waals surface area contributed by atoms with Gasteiger partial charge in [-0.3, -0.25) is 9.69 Å². The van der Waals surface area contributed by atoms with E-state index in [4.69, 9.17) is 5.73 Å². The third-order valence-corrected chi connectivity index (χ3v) is 3.07. The lowest BCUT2D eigenvalue weighted by atomic mass is 9.95. The van der Waals surface area contributed by atoms with Crippen molar-refractivity contribution in [2.45, 2.75) is 38.4 Å².